The maximum atomic E-state index is 12.5. The predicted octanol–water partition coefficient (Wildman–Crippen LogP) is 4.32. The summed E-state index contributed by atoms with van der Waals surface area (Å²) in [5.41, 5.74) is 4.16. The van der Waals surface area contributed by atoms with Gasteiger partial charge in [-0.2, -0.15) is 0 Å². The van der Waals surface area contributed by atoms with E-state index in [0.29, 0.717) is 12.1 Å². The van der Waals surface area contributed by atoms with Crippen LogP contribution >= 0.6 is 0 Å². The SMILES string of the molecule is CC#CCn1cc(-c2ccc(C(C)(C)C)cc2)c2cc[nH]c2c1=O. The largest absolute Gasteiger partial charge is 0.357 e. The van der Waals surface area contributed by atoms with Crippen molar-refractivity contribution < 1.29 is 0 Å². The molecule has 3 nitrogen and oxygen atoms in total. The van der Waals surface area contributed by atoms with Gasteiger partial charge in [-0.3, -0.25) is 4.79 Å². The monoisotopic (exact) mass is 318 g/mol. The molecule has 0 saturated heterocycles. The Balaban J connectivity index is 2.18. The molecule has 1 N–H and O–H groups in total. The van der Waals surface area contributed by atoms with Crippen LogP contribution in [0.4, 0.5) is 0 Å². The number of H-pyrrole nitrogens is 1. The normalized spacial score (nSPS) is 11.3. The Morgan fingerprint density at radius 1 is 1.12 bits per heavy atom. The number of rotatable bonds is 2. The van der Waals surface area contributed by atoms with E-state index in [1.54, 1.807) is 11.5 Å². The summed E-state index contributed by atoms with van der Waals surface area (Å²) in [7, 11) is 0. The van der Waals surface area contributed by atoms with Gasteiger partial charge in [0.25, 0.3) is 5.56 Å². The van der Waals surface area contributed by atoms with Crippen molar-refractivity contribution in [1.29, 1.82) is 0 Å². The van der Waals surface area contributed by atoms with Crippen LogP contribution in [-0.2, 0) is 12.0 Å². The number of pyridine rings is 1. The second-order valence-corrected chi connectivity index (χ2v) is 7.00. The topological polar surface area (TPSA) is 37.8 Å². The van der Waals surface area contributed by atoms with Crippen molar-refractivity contribution in [3.8, 4) is 23.0 Å². The molecule has 3 heteroatoms. The molecule has 0 aliphatic carbocycles. The maximum Gasteiger partial charge on any atom is 0.275 e. The van der Waals surface area contributed by atoms with Crippen LogP contribution in [-0.4, -0.2) is 9.55 Å². The van der Waals surface area contributed by atoms with Gasteiger partial charge in [-0.15, -0.1) is 5.92 Å². The molecule has 0 aliphatic heterocycles. The molecular weight excluding hydrogens is 296 g/mol. The summed E-state index contributed by atoms with van der Waals surface area (Å²) >= 11 is 0. The first-order chi connectivity index (χ1) is 11.4. The molecule has 0 unspecified atom stereocenters. The van der Waals surface area contributed by atoms with Crippen LogP contribution in [0.25, 0.3) is 22.0 Å². The highest BCUT2D eigenvalue weighted by Crippen LogP contribution is 2.29. The van der Waals surface area contributed by atoms with Gasteiger partial charge >= 0.3 is 0 Å². The molecular formula is C21H22N2O. The van der Waals surface area contributed by atoms with Gasteiger partial charge in [0.1, 0.15) is 5.52 Å². The summed E-state index contributed by atoms with van der Waals surface area (Å²) in [5, 5.41) is 0.948. The molecule has 0 fully saturated rings. The quantitative estimate of drug-likeness (QED) is 0.702. The minimum absolute atomic E-state index is 0.0344. The van der Waals surface area contributed by atoms with Crippen molar-refractivity contribution in [3.05, 3.63) is 58.6 Å². The van der Waals surface area contributed by atoms with E-state index in [4.69, 9.17) is 0 Å². The predicted molar refractivity (Wildman–Crippen MR) is 100 cm³/mol. The van der Waals surface area contributed by atoms with Crippen molar-refractivity contribution in [2.75, 3.05) is 0 Å². The summed E-state index contributed by atoms with van der Waals surface area (Å²) in [6.07, 6.45) is 3.73. The van der Waals surface area contributed by atoms with Gasteiger partial charge in [0.2, 0.25) is 0 Å². The number of fused-ring (bicyclic) bond motifs is 1. The number of nitrogens with one attached hydrogen (secondary N) is 1. The lowest BCUT2D eigenvalue weighted by Crippen LogP contribution is -2.19. The Hall–Kier alpha value is -2.73. The number of hydrogen-bond donors (Lipinski definition) is 1. The third-order valence-corrected chi connectivity index (χ3v) is 4.28. The van der Waals surface area contributed by atoms with Gasteiger partial charge in [0, 0.05) is 23.3 Å². The molecule has 0 amide bonds. The van der Waals surface area contributed by atoms with Crippen molar-refractivity contribution in [1.82, 2.24) is 9.55 Å². The molecule has 0 bridgehead atoms. The van der Waals surface area contributed by atoms with Crippen LogP contribution in [0.1, 0.15) is 33.3 Å². The molecule has 3 rings (SSSR count). The second kappa shape index (κ2) is 6.05. The fraction of sp³-hybridized carbons (Fsp3) is 0.286. The van der Waals surface area contributed by atoms with E-state index in [1.165, 1.54) is 5.56 Å². The van der Waals surface area contributed by atoms with Crippen LogP contribution < -0.4 is 5.56 Å². The number of aromatic amines is 1. The zero-order chi connectivity index (χ0) is 17.3. The van der Waals surface area contributed by atoms with E-state index in [2.05, 4.69) is 61.9 Å². The number of aromatic nitrogens is 2. The van der Waals surface area contributed by atoms with E-state index in [1.807, 2.05) is 18.5 Å². The van der Waals surface area contributed by atoms with Crippen LogP contribution in [0.15, 0.2) is 47.5 Å². The average molecular weight is 318 g/mol. The smallest absolute Gasteiger partial charge is 0.275 e. The van der Waals surface area contributed by atoms with Crippen LogP contribution in [0, 0.1) is 11.8 Å². The van der Waals surface area contributed by atoms with E-state index < -0.39 is 0 Å². The average Bonchev–Trinajstić information content (AvgIpc) is 3.04. The van der Waals surface area contributed by atoms with E-state index >= 15 is 0 Å². The molecule has 0 saturated carbocycles. The van der Waals surface area contributed by atoms with Crippen molar-refractivity contribution in [2.24, 2.45) is 0 Å². The molecule has 1 aromatic carbocycles. The van der Waals surface area contributed by atoms with Gasteiger partial charge in [0.05, 0.1) is 6.54 Å². The Morgan fingerprint density at radius 2 is 1.83 bits per heavy atom. The Kier molecular flexibility index (Phi) is 4.07. The van der Waals surface area contributed by atoms with Crippen LogP contribution in [0.3, 0.4) is 0 Å². The second-order valence-electron chi connectivity index (χ2n) is 7.00. The fourth-order valence-corrected chi connectivity index (χ4v) is 2.86. The summed E-state index contributed by atoms with van der Waals surface area (Å²) in [5.74, 6) is 5.82. The molecule has 0 spiro atoms. The molecule has 2 heterocycles. The summed E-state index contributed by atoms with van der Waals surface area (Å²) in [4.78, 5) is 15.6. The van der Waals surface area contributed by atoms with E-state index in [-0.39, 0.29) is 11.0 Å². The first-order valence-electron chi connectivity index (χ1n) is 8.13. The minimum Gasteiger partial charge on any atom is -0.357 e. The summed E-state index contributed by atoms with van der Waals surface area (Å²) in [6, 6.07) is 10.5. The fourth-order valence-electron chi connectivity index (χ4n) is 2.86. The standard InChI is InChI=1S/C21H22N2O/c1-5-6-13-23-14-18(17-11-12-22-19(17)20(23)24)15-7-9-16(10-8-15)21(2,3)4/h7-12,14,22H,13H2,1-4H3. The van der Waals surface area contributed by atoms with Gasteiger partial charge in [-0.05, 0) is 29.5 Å². The number of hydrogen-bond acceptors (Lipinski definition) is 1. The molecule has 0 atom stereocenters. The minimum atomic E-state index is -0.0344. The first-order valence-corrected chi connectivity index (χ1v) is 8.13. The Bertz CT molecular complexity index is 987. The van der Waals surface area contributed by atoms with E-state index in [9.17, 15) is 4.79 Å². The highest BCUT2D eigenvalue weighted by Gasteiger charge is 2.15. The van der Waals surface area contributed by atoms with Crippen molar-refractivity contribution in [3.63, 3.8) is 0 Å². The summed E-state index contributed by atoms with van der Waals surface area (Å²) < 4.78 is 1.67. The zero-order valence-electron chi connectivity index (χ0n) is 14.6. The Labute approximate surface area is 142 Å². The molecule has 3 aromatic rings. The zero-order valence-corrected chi connectivity index (χ0v) is 14.6. The highest BCUT2D eigenvalue weighted by molar-refractivity contribution is 5.94. The van der Waals surface area contributed by atoms with Crippen LogP contribution in [0.2, 0.25) is 0 Å². The Morgan fingerprint density at radius 3 is 2.46 bits per heavy atom. The third-order valence-electron chi connectivity index (χ3n) is 4.28. The maximum absolute atomic E-state index is 12.5. The highest BCUT2D eigenvalue weighted by atomic mass is 16.1. The number of nitrogens with zero attached hydrogens (tertiary/aromatic N) is 1. The van der Waals surface area contributed by atoms with E-state index in [0.717, 1.165) is 16.5 Å². The molecule has 24 heavy (non-hydrogen) atoms. The molecule has 0 aliphatic rings. The molecule has 122 valence electrons. The lowest BCUT2D eigenvalue weighted by Gasteiger charge is -2.19. The van der Waals surface area contributed by atoms with Crippen molar-refractivity contribution in [2.45, 2.75) is 39.7 Å². The number of benzene rings is 1. The van der Waals surface area contributed by atoms with Gasteiger partial charge in [0.15, 0.2) is 0 Å². The van der Waals surface area contributed by atoms with Crippen molar-refractivity contribution >= 4 is 10.9 Å². The lowest BCUT2D eigenvalue weighted by molar-refractivity contribution is 0.590. The van der Waals surface area contributed by atoms with Gasteiger partial charge in [-0.1, -0.05) is 51.0 Å². The van der Waals surface area contributed by atoms with Gasteiger partial charge in [-0.25, -0.2) is 0 Å². The lowest BCUT2D eigenvalue weighted by atomic mass is 9.86. The third kappa shape index (κ3) is 2.88. The first kappa shape index (κ1) is 16.1. The molecule has 2 aromatic heterocycles. The van der Waals surface area contributed by atoms with Gasteiger partial charge < -0.3 is 9.55 Å². The summed E-state index contributed by atoms with van der Waals surface area (Å²) in [6.45, 7) is 8.80. The molecule has 0 radical (unpaired) electrons. The van der Waals surface area contributed by atoms with Crippen LogP contribution in [0.5, 0.6) is 0 Å².